The number of hydrogen-bond acceptors (Lipinski definition) is 3. The molecule has 2 saturated carbocycles. The van der Waals surface area contributed by atoms with E-state index in [-0.39, 0.29) is 11.3 Å². The number of aromatic nitrogens is 1. The topological polar surface area (TPSA) is 62.2 Å². The molecule has 0 unspecified atom stereocenters. The van der Waals surface area contributed by atoms with Gasteiger partial charge in [0.25, 0.3) is 5.91 Å². The predicted octanol–water partition coefficient (Wildman–Crippen LogP) is 1.53. The number of carbonyl (C=O) groups is 1. The van der Waals surface area contributed by atoms with Gasteiger partial charge in [0.1, 0.15) is 5.60 Å². The minimum Gasteiger partial charge on any atom is -0.380 e. The van der Waals surface area contributed by atoms with E-state index < -0.39 is 5.60 Å². The minimum atomic E-state index is -1.12. The van der Waals surface area contributed by atoms with Gasteiger partial charge in [-0.15, -0.1) is 0 Å². The Labute approximate surface area is 113 Å². The minimum absolute atomic E-state index is 0.0769. The zero-order chi connectivity index (χ0) is 13.3. The van der Waals surface area contributed by atoms with Gasteiger partial charge in [-0.2, -0.15) is 0 Å². The van der Waals surface area contributed by atoms with Gasteiger partial charge in [0.2, 0.25) is 0 Å². The molecule has 4 nitrogen and oxygen atoms in total. The molecule has 2 aliphatic rings. The highest BCUT2D eigenvalue weighted by atomic mass is 16.3. The van der Waals surface area contributed by atoms with Crippen molar-refractivity contribution in [1.82, 2.24) is 10.3 Å². The fourth-order valence-corrected chi connectivity index (χ4v) is 3.02. The van der Waals surface area contributed by atoms with Crippen molar-refractivity contribution in [2.24, 2.45) is 0 Å². The van der Waals surface area contributed by atoms with Crippen LogP contribution in [0.4, 0.5) is 0 Å². The third kappa shape index (κ3) is 2.37. The lowest BCUT2D eigenvalue weighted by atomic mass is 9.96. The number of pyridine rings is 1. The number of nitrogens with zero attached hydrogens (tertiary/aromatic N) is 1. The molecule has 102 valence electrons. The Morgan fingerprint density at radius 3 is 2.42 bits per heavy atom. The van der Waals surface area contributed by atoms with E-state index in [4.69, 9.17) is 0 Å². The quantitative estimate of drug-likeness (QED) is 0.863. The summed E-state index contributed by atoms with van der Waals surface area (Å²) in [4.78, 5) is 16.1. The van der Waals surface area contributed by atoms with Gasteiger partial charge in [-0.05, 0) is 56.2 Å². The van der Waals surface area contributed by atoms with Crippen LogP contribution in [0, 0.1) is 0 Å². The van der Waals surface area contributed by atoms with Crippen LogP contribution >= 0.6 is 0 Å². The van der Waals surface area contributed by atoms with Crippen molar-refractivity contribution in [1.29, 1.82) is 0 Å². The average Bonchev–Trinajstić information content (AvgIpc) is 3.12. The van der Waals surface area contributed by atoms with Crippen molar-refractivity contribution < 1.29 is 9.90 Å². The molecule has 0 radical (unpaired) electrons. The smallest absolute Gasteiger partial charge is 0.251 e. The first-order chi connectivity index (χ1) is 9.15. The fourth-order valence-electron chi connectivity index (χ4n) is 3.02. The Hall–Kier alpha value is -1.42. The third-order valence-electron chi connectivity index (χ3n) is 4.59. The maximum Gasteiger partial charge on any atom is 0.251 e. The molecule has 1 aromatic heterocycles. The molecule has 1 heterocycles. The van der Waals surface area contributed by atoms with Crippen molar-refractivity contribution in [3.8, 4) is 0 Å². The van der Waals surface area contributed by atoms with Gasteiger partial charge >= 0.3 is 0 Å². The fraction of sp³-hybridized carbons (Fsp3) is 0.600. The van der Waals surface area contributed by atoms with Crippen LogP contribution in [0.15, 0.2) is 24.5 Å². The van der Waals surface area contributed by atoms with Gasteiger partial charge in [-0.1, -0.05) is 0 Å². The van der Waals surface area contributed by atoms with Crippen LogP contribution < -0.4 is 5.32 Å². The number of rotatable bonds is 4. The highest BCUT2D eigenvalue weighted by Gasteiger charge is 2.46. The molecule has 2 fully saturated rings. The van der Waals surface area contributed by atoms with Gasteiger partial charge in [-0.25, -0.2) is 0 Å². The molecule has 19 heavy (non-hydrogen) atoms. The zero-order valence-corrected chi connectivity index (χ0v) is 11.1. The van der Waals surface area contributed by atoms with Crippen LogP contribution in [0.3, 0.4) is 0 Å². The van der Waals surface area contributed by atoms with Crippen LogP contribution in [-0.4, -0.2) is 28.1 Å². The molecule has 0 aromatic carbocycles. The summed E-state index contributed by atoms with van der Waals surface area (Å²) in [6.45, 7) is 0.623. The lowest BCUT2D eigenvalue weighted by Crippen LogP contribution is -2.47. The molecular formula is C15H20N2O2. The number of nitrogens with one attached hydrogen (secondary N) is 1. The number of amides is 1. The first kappa shape index (κ1) is 12.6. The number of hydrogen-bond donors (Lipinski definition) is 2. The van der Waals surface area contributed by atoms with Crippen LogP contribution in [0.5, 0.6) is 0 Å². The molecule has 2 aliphatic carbocycles. The molecule has 0 aliphatic heterocycles. The average molecular weight is 260 g/mol. The molecule has 1 aromatic rings. The van der Waals surface area contributed by atoms with Gasteiger partial charge in [-0.3, -0.25) is 9.78 Å². The summed E-state index contributed by atoms with van der Waals surface area (Å²) in [6.07, 6.45) is 8.86. The molecule has 0 atom stereocenters. The second kappa shape index (κ2) is 4.60. The van der Waals surface area contributed by atoms with E-state index in [9.17, 15) is 9.90 Å². The van der Waals surface area contributed by atoms with E-state index in [1.165, 1.54) is 5.56 Å². The second-order valence-electron chi connectivity index (χ2n) is 5.94. The molecule has 3 rings (SSSR count). The number of carbonyl (C=O) groups excluding carboxylic acids is 1. The summed E-state index contributed by atoms with van der Waals surface area (Å²) < 4.78 is 0. The Morgan fingerprint density at radius 2 is 1.84 bits per heavy atom. The van der Waals surface area contributed by atoms with Crippen molar-refractivity contribution in [3.05, 3.63) is 30.1 Å². The van der Waals surface area contributed by atoms with Gasteiger partial charge in [0.05, 0.1) is 0 Å². The Morgan fingerprint density at radius 1 is 1.21 bits per heavy atom. The summed E-state index contributed by atoms with van der Waals surface area (Å²) in [5.74, 6) is -0.190. The van der Waals surface area contributed by atoms with Crippen molar-refractivity contribution >= 4 is 5.91 Å². The maximum atomic E-state index is 12.1. The standard InChI is InChI=1S/C15H20N2O2/c18-13(15(19)5-1-2-6-15)17-11-14(7-8-14)12-3-9-16-10-4-12/h3-4,9-10,19H,1-2,5-8,11H2,(H,17,18). The van der Waals surface area contributed by atoms with Crippen molar-refractivity contribution in [2.75, 3.05) is 6.54 Å². The summed E-state index contributed by atoms with van der Waals surface area (Å²) in [5.41, 5.74) is 0.197. The lowest BCUT2D eigenvalue weighted by molar-refractivity contribution is -0.139. The summed E-state index contributed by atoms with van der Waals surface area (Å²) in [5, 5.41) is 13.2. The van der Waals surface area contributed by atoms with Crippen molar-refractivity contribution in [3.63, 3.8) is 0 Å². The van der Waals surface area contributed by atoms with Crippen LogP contribution in [0.1, 0.15) is 44.1 Å². The van der Waals surface area contributed by atoms with Crippen LogP contribution in [0.2, 0.25) is 0 Å². The molecule has 4 heteroatoms. The summed E-state index contributed by atoms with van der Waals surface area (Å²) >= 11 is 0. The van der Waals surface area contributed by atoms with E-state index in [1.54, 1.807) is 12.4 Å². The maximum absolute atomic E-state index is 12.1. The SMILES string of the molecule is O=C(NCC1(c2ccncc2)CC1)C1(O)CCCC1. The lowest BCUT2D eigenvalue weighted by Gasteiger charge is -2.23. The largest absolute Gasteiger partial charge is 0.380 e. The third-order valence-corrected chi connectivity index (χ3v) is 4.59. The zero-order valence-electron chi connectivity index (χ0n) is 11.1. The molecule has 0 spiro atoms. The Balaban J connectivity index is 1.62. The van der Waals surface area contributed by atoms with E-state index >= 15 is 0 Å². The summed E-state index contributed by atoms with van der Waals surface area (Å²) in [7, 11) is 0. The van der Waals surface area contributed by atoms with Crippen LogP contribution in [-0.2, 0) is 10.2 Å². The predicted molar refractivity (Wildman–Crippen MR) is 71.6 cm³/mol. The highest BCUT2D eigenvalue weighted by Crippen LogP contribution is 2.47. The van der Waals surface area contributed by atoms with E-state index in [0.717, 1.165) is 25.7 Å². The molecule has 0 saturated heterocycles. The molecule has 1 amide bonds. The molecular weight excluding hydrogens is 240 g/mol. The Kier molecular flexibility index (Phi) is 3.05. The second-order valence-corrected chi connectivity index (χ2v) is 5.94. The normalized spacial score (nSPS) is 23.0. The van der Waals surface area contributed by atoms with Crippen LogP contribution in [0.25, 0.3) is 0 Å². The van der Waals surface area contributed by atoms with Gasteiger partial charge in [0, 0.05) is 24.4 Å². The first-order valence-electron chi connectivity index (χ1n) is 7.06. The highest BCUT2D eigenvalue weighted by molar-refractivity contribution is 5.85. The van der Waals surface area contributed by atoms with Crippen molar-refractivity contribution in [2.45, 2.75) is 49.5 Å². The first-order valence-corrected chi connectivity index (χ1v) is 7.06. The Bertz CT molecular complexity index is 462. The van der Waals surface area contributed by atoms with E-state index in [0.29, 0.717) is 19.4 Å². The van der Waals surface area contributed by atoms with Gasteiger partial charge < -0.3 is 10.4 Å². The molecule has 0 bridgehead atoms. The van der Waals surface area contributed by atoms with E-state index in [2.05, 4.69) is 10.3 Å². The number of aliphatic hydroxyl groups is 1. The summed E-state index contributed by atoms with van der Waals surface area (Å²) in [6, 6.07) is 4.03. The monoisotopic (exact) mass is 260 g/mol. The van der Waals surface area contributed by atoms with E-state index in [1.807, 2.05) is 12.1 Å². The molecule has 2 N–H and O–H groups in total. The van der Waals surface area contributed by atoms with Gasteiger partial charge in [0.15, 0.2) is 0 Å².